The monoisotopic (exact) mass is 299 g/mol. The predicted octanol–water partition coefficient (Wildman–Crippen LogP) is 1.92. The summed E-state index contributed by atoms with van der Waals surface area (Å²) in [4.78, 5) is 8.27. The molecule has 0 bridgehead atoms. The molecule has 0 saturated heterocycles. The lowest BCUT2D eigenvalue weighted by Gasteiger charge is -2.03. The number of phenolic OH excluding ortho intramolecular Hbond substituents is 3. The number of nitrogens with zero attached hydrogens (tertiary/aromatic N) is 2. The molecule has 0 amide bonds. The van der Waals surface area contributed by atoms with Crippen molar-refractivity contribution in [3.63, 3.8) is 0 Å². The van der Waals surface area contributed by atoms with Gasteiger partial charge in [0.1, 0.15) is 5.75 Å². The fourth-order valence-corrected chi connectivity index (χ4v) is 1.80. The van der Waals surface area contributed by atoms with Gasteiger partial charge in [-0.3, -0.25) is 9.98 Å². The van der Waals surface area contributed by atoms with E-state index in [9.17, 15) is 15.3 Å². The highest BCUT2D eigenvalue weighted by Gasteiger charge is 2.05. The van der Waals surface area contributed by atoms with Crippen LogP contribution in [0.4, 0.5) is 5.69 Å². The van der Waals surface area contributed by atoms with E-state index in [0.29, 0.717) is 29.9 Å². The minimum Gasteiger partial charge on any atom is -0.507 e. The minimum atomic E-state index is -0.279. The molecule has 0 aliphatic carbocycles. The molecule has 6 nitrogen and oxygen atoms in total. The molecule has 0 saturated carbocycles. The molecule has 0 aromatic heterocycles. The van der Waals surface area contributed by atoms with E-state index in [4.69, 9.17) is 5.73 Å². The molecule has 0 spiro atoms. The molecule has 5 N–H and O–H groups in total. The van der Waals surface area contributed by atoms with E-state index in [-0.39, 0.29) is 17.2 Å². The standard InChI is InChI=1S/C16H17N3O3/c17-13-7-12(16(22)15(21)8-13)10-19-6-5-18-9-11-3-1-2-4-14(11)20/h1-4,7-10,20-22H,5-6,17H2. The van der Waals surface area contributed by atoms with Crippen LogP contribution in [0.5, 0.6) is 17.2 Å². The van der Waals surface area contributed by atoms with Gasteiger partial charge in [-0.25, -0.2) is 0 Å². The lowest BCUT2D eigenvalue weighted by Crippen LogP contribution is -1.93. The number of nitrogen functional groups attached to an aromatic ring is 1. The molecule has 0 atom stereocenters. The number of para-hydroxylation sites is 1. The van der Waals surface area contributed by atoms with Gasteiger partial charge in [-0.05, 0) is 18.2 Å². The van der Waals surface area contributed by atoms with Crippen LogP contribution >= 0.6 is 0 Å². The van der Waals surface area contributed by atoms with E-state index >= 15 is 0 Å². The van der Waals surface area contributed by atoms with Gasteiger partial charge < -0.3 is 21.1 Å². The highest BCUT2D eigenvalue weighted by atomic mass is 16.3. The molecule has 2 rings (SSSR count). The van der Waals surface area contributed by atoms with Crippen LogP contribution in [0, 0.1) is 0 Å². The summed E-state index contributed by atoms with van der Waals surface area (Å²) >= 11 is 0. The summed E-state index contributed by atoms with van der Waals surface area (Å²) in [5.74, 6) is -0.357. The van der Waals surface area contributed by atoms with Gasteiger partial charge in [0, 0.05) is 35.3 Å². The van der Waals surface area contributed by atoms with Gasteiger partial charge >= 0.3 is 0 Å². The Kier molecular flexibility index (Phi) is 4.98. The second-order valence-corrected chi connectivity index (χ2v) is 4.61. The first-order valence-corrected chi connectivity index (χ1v) is 6.67. The zero-order valence-electron chi connectivity index (χ0n) is 11.8. The number of aliphatic imine (C=N–C) groups is 2. The second kappa shape index (κ2) is 7.12. The van der Waals surface area contributed by atoms with Crippen molar-refractivity contribution in [2.24, 2.45) is 9.98 Å². The number of aromatic hydroxyl groups is 3. The predicted molar refractivity (Wildman–Crippen MR) is 87.2 cm³/mol. The summed E-state index contributed by atoms with van der Waals surface area (Å²) in [5.41, 5.74) is 6.91. The Morgan fingerprint density at radius 1 is 0.864 bits per heavy atom. The van der Waals surface area contributed by atoms with Crippen molar-refractivity contribution in [3.05, 3.63) is 47.5 Å². The van der Waals surface area contributed by atoms with E-state index in [1.807, 2.05) is 6.07 Å². The largest absolute Gasteiger partial charge is 0.507 e. The molecule has 0 aliphatic heterocycles. The van der Waals surface area contributed by atoms with Crippen molar-refractivity contribution in [1.82, 2.24) is 0 Å². The third kappa shape index (κ3) is 3.99. The number of benzene rings is 2. The van der Waals surface area contributed by atoms with Crippen molar-refractivity contribution in [1.29, 1.82) is 0 Å². The van der Waals surface area contributed by atoms with Crippen molar-refractivity contribution < 1.29 is 15.3 Å². The average molecular weight is 299 g/mol. The molecule has 6 heteroatoms. The molecule has 114 valence electrons. The summed E-state index contributed by atoms with van der Waals surface area (Å²) in [6, 6.07) is 9.69. The van der Waals surface area contributed by atoms with Crippen LogP contribution in [-0.4, -0.2) is 40.8 Å². The second-order valence-electron chi connectivity index (χ2n) is 4.61. The summed E-state index contributed by atoms with van der Waals surface area (Å²) in [7, 11) is 0. The van der Waals surface area contributed by atoms with Gasteiger partial charge in [-0.1, -0.05) is 12.1 Å². The van der Waals surface area contributed by atoms with Crippen LogP contribution in [0.2, 0.25) is 0 Å². The van der Waals surface area contributed by atoms with E-state index in [2.05, 4.69) is 9.98 Å². The van der Waals surface area contributed by atoms with Crippen LogP contribution in [0.3, 0.4) is 0 Å². The average Bonchev–Trinajstić information content (AvgIpc) is 2.49. The third-order valence-electron chi connectivity index (χ3n) is 2.90. The van der Waals surface area contributed by atoms with Gasteiger partial charge in [0.25, 0.3) is 0 Å². The van der Waals surface area contributed by atoms with Crippen molar-refractivity contribution in [2.45, 2.75) is 0 Å². The Bertz CT molecular complexity index is 712. The number of hydrogen-bond donors (Lipinski definition) is 4. The van der Waals surface area contributed by atoms with E-state index in [1.165, 1.54) is 18.3 Å². The van der Waals surface area contributed by atoms with Gasteiger partial charge in [0.05, 0.1) is 13.1 Å². The Labute approximate surface area is 127 Å². The maximum Gasteiger partial charge on any atom is 0.166 e. The Balaban J connectivity index is 1.90. The molecule has 0 unspecified atom stereocenters. The van der Waals surface area contributed by atoms with Gasteiger partial charge in [0.15, 0.2) is 11.5 Å². The van der Waals surface area contributed by atoms with Crippen LogP contribution in [0.1, 0.15) is 11.1 Å². The molecular weight excluding hydrogens is 282 g/mol. The van der Waals surface area contributed by atoms with Crippen molar-refractivity contribution in [3.8, 4) is 17.2 Å². The summed E-state index contributed by atoms with van der Waals surface area (Å²) in [5, 5.41) is 28.6. The molecule has 22 heavy (non-hydrogen) atoms. The van der Waals surface area contributed by atoms with Crippen LogP contribution in [0.15, 0.2) is 46.4 Å². The first-order chi connectivity index (χ1) is 10.6. The third-order valence-corrected chi connectivity index (χ3v) is 2.90. The van der Waals surface area contributed by atoms with Crippen molar-refractivity contribution in [2.75, 3.05) is 18.8 Å². The lowest BCUT2D eigenvalue weighted by atomic mass is 10.2. The van der Waals surface area contributed by atoms with Gasteiger partial charge in [-0.15, -0.1) is 0 Å². The first-order valence-electron chi connectivity index (χ1n) is 6.67. The minimum absolute atomic E-state index is 0.176. The molecular formula is C16H17N3O3. The van der Waals surface area contributed by atoms with E-state index < -0.39 is 0 Å². The normalized spacial score (nSPS) is 11.5. The Morgan fingerprint density at radius 2 is 1.50 bits per heavy atom. The summed E-state index contributed by atoms with van der Waals surface area (Å²) in [6.07, 6.45) is 3.01. The SMILES string of the molecule is Nc1cc(O)c(O)c(C=NCCN=Cc2ccccc2O)c1. The fourth-order valence-electron chi connectivity index (χ4n) is 1.80. The first kappa shape index (κ1) is 15.4. The highest BCUT2D eigenvalue weighted by molar-refractivity contribution is 5.86. The van der Waals surface area contributed by atoms with Crippen LogP contribution in [-0.2, 0) is 0 Å². The quantitative estimate of drug-likeness (QED) is 0.222. The Morgan fingerprint density at radius 3 is 2.18 bits per heavy atom. The smallest absolute Gasteiger partial charge is 0.166 e. The van der Waals surface area contributed by atoms with E-state index in [0.717, 1.165) is 0 Å². The maximum absolute atomic E-state index is 9.65. The van der Waals surface area contributed by atoms with Gasteiger partial charge in [-0.2, -0.15) is 0 Å². The molecule has 2 aromatic carbocycles. The van der Waals surface area contributed by atoms with E-state index in [1.54, 1.807) is 24.4 Å². The highest BCUT2D eigenvalue weighted by Crippen LogP contribution is 2.30. The summed E-state index contributed by atoms with van der Waals surface area (Å²) < 4.78 is 0. The maximum atomic E-state index is 9.65. The number of anilines is 1. The van der Waals surface area contributed by atoms with Crippen LogP contribution in [0.25, 0.3) is 0 Å². The Hall–Kier alpha value is -3.02. The van der Waals surface area contributed by atoms with Gasteiger partial charge in [0.2, 0.25) is 0 Å². The number of hydrogen-bond acceptors (Lipinski definition) is 6. The number of nitrogens with two attached hydrogens (primary N) is 1. The number of phenols is 3. The number of rotatable bonds is 5. The van der Waals surface area contributed by atoms with Crippen LogP contribution < -0.4 is 5.73 Å². The zero-order chi connectivity index (χ0) is 15.9. The molecule has 0 aliphatic rings. The topological polar surface area (TPSA) is 111 Å². The fraction of sp³-hybridized carbons (Fsp3) is 0.125. The summed E-state index contributed by atoms with van der Waals surface area (Å²) in [6.45, 7) is 0.832. The zero-order valence-corrected chi connectivity index (χ0v) is 11.8. The molecule has 0 fully saturated rings. The lowest BCUT2D eigenvalue weighted by molar-refractivity contribution is 0.403. The molecule has 0 radical (unpaired) electrons. The molecule has 2 aromatic rings. The molecule has 0 heterocycles. The van der Waals surface area contributed by atoms with Crippen molar-refractivity contribution >= 4 is 18.1 Å².